The van der Waals surface area contributed by atoms with Crippen molar-refractivity contribution in [2.75, 3.05) is 6.54 Å². The number of halogens is 1. The van der Waals surface area contributed by atoms with Gasteiger partial charge in [0.1, 0.15) is 11.6 Å². The lowest BCUT2D eigenvalue weighted by atomic mass is 10.1. The predicted molar refractivity (Wildman–Crippen MR) is 80.7 cm³/mol. The molecular formula is C16H20FN3O2. The monoisotopic (exact) mass is 305 g/mol. The van der Waals surface area contributed by atoms with Crippen LogP contribution >= 0.6 is 0 Å². The summed E-state index contributed by atoms with van der Waals surface area (Å²) >= 11 is 0. The molecule has 5 nitrogen and oxygen atoms in total. The number of carbonyl (C=O) groups is 1. The molecule has 1 aliphatic carbocycles. The lowest BCUT2D eigenvalue weighted by Crippen LogP contribution is -2.36. The SMILES string of the molecule is Cn1c(CCNC(=O)C2CCCC2O)nc2cc(F)ccc21. The molecule has 0 spiro atoms. The van der Waals surface area contributed by atoms with Crippen LogP contribution in [0.4, 0.5) is 4.39 Å². The van der Waals surface area contributed by atoms with Gasteiger partial charge in [-0.05, 0) is 31.4 Å². The van der Waals surface area contributed by atoms with Crippen LogP contribution in [-0.4, -0.2) is 33.2 Å². The number of aromatic nitrogens is 2. The van der Waals surface area contributed by atoms with E-state index in [1.165, 1.54) is 12.1 Å². The van der Waals surface area contributed by atoms with Gasteiger partial charge in [0.25, 0.3) is 0 Å². The van der Waals surface area contributed by atoms with E-state index in [9.17, 15) is 14.3 Å². The Morgan fingerprint density at radius 1 is 1.50 bits per heavy atom. The Morgan fingerprint density at radius 2 is 2.32 bits per heavy atom. The van der Waals surface area contributed by atoms with Crippen LogP contribution in [0, 0.1) is 11.7 Å². The van der Waals surface area contributed by atoms with Crippen molar-refractivity contribution in [2.45, 2.75) is 31.8 Å². The summed E-state index contributed by atoms with van der Waals surface area (Å²) in [5.41, 5.74) is 1.49. The summed E-state index contributed by atoms with van der Waals surface area (Å²) in [5.74, 6) is 0.123. The first-order chi connectivity index (χ1) is 10.6. The summed E-state index contributed by atoms with van der Waals surface area (Å²) in [6.45, 7) is 0.460. The van der Waals surface area contributed by atoms with Crippen LogP contribution in [0.15, 0.2) is 18.2 Å². The zero-order chi connectivity index (χ0) is 15.7. The molecule has 22 heavy (non-hydrogen) atoms. The number of hydrogen-bond acceptors (Lipinski definition) is 3. The Morgan fingerprint density at radius 3 is 3.05 bits per heavy atom. The molecule has 2 unspecified atom stereocenters. The Hall–Kier alpha value is -1.95. The zero-order valence-corrected chi connectivity index (χ0v) is 12.6. The molecule has 2 atom stereocenters. The highest BCUT2D eigenvalue weighted by molar-refractivity contribution is 5.79. The Labute approximate surface area is 128 Å². The number of aliphatic hydroxyl groups is 1. The first-order valence-corrected chi connectivity index (χ1v) is 7.63. The van der Waals surface area contributed by atoms with Crippen molar-refractivity contribution in [1.82, 2.24) is 14.9 Å². The van der Waals surface area contributed by atoms with E-state index in [2.05, 4.69) is 10.3 Å². The summed E-state index contributed by atoms with van der Waals surface area (Å²) < 4.78 is 15.1. The molecule has 0 aliphatic heterocycles. The van der Waals surface area contributed by atoms with E-state index in [-0.39, 0.29) is 17.6 Å². The van der Waals surface area contributed by atoms with E-state index in [0.29, 0.717) is 24.9 Å². The highest BCUT2D eigenvalue weighted by Gasteiger charge is 2.31. The van der Waals surface area contributed by atoms with Gasteiger partial charge in [0.15, 0.2) is 0 Å². The van der Waals surface area contributed by atoms with Gasteiger partial charge in [-0.1, -0.05) is 0 Å². The number of aryl methyl sites for hydroxylation is 1. The van der Waals surface area contributed by atoms with Crippen molar-refractivity contribution >= 4 is 16.9 Å². The van der Waals surface area contributed by atoms with Gasteiger partial charge in [0.05, 0.1) is 23.1 Å². The summed E-state index contributed by atoms with van der Waals surface area (Å²) in [7, 11) is 1.88. The smallest absolute Gasteiger partial charge is 0.225 e. The molecule has 0 bridgehead atoms. The number of hydrogen-bond donors (Lipinski definition) is 2. The van der Waals surface area contributed by atoms with E-state index < -0.39 is 6.10 Å². The molecule has 1 heterocycles. The highest BCUT2D eigenvalue weighted by atomic mass is 19.1. The van der Waals surface area contributed by atoms with Crippen molar-refractivity contribution in [1.29, 1.82) is 0 Å². The molecule has 1 aliphatic rings. The highest BCUT2D eigenvalue weighted by Crippen LogP contribution is 2.25. The average Bonchev–Trinajstić information content (AvgIpc) is 3.03. The standard InChI is InChI=1S/C16H20FN3O2/c1-20-13-6-5-10(17)9-12(13)19-15(20)7-8-18-16(22)11-3-2-4-14(11)21/h5-6,9,11,14,21H,2-4,7-8H2,1H3,(H,18,22). The maximum Gasteiger partial charge on any atom is 0.225 e. The van der Waals surface area contributed by atoms with Crippen LogP contribution in [0.3, 0.4) is 0 Å². The molecule has 1 aromatic carbocycles. The fraction of sp³-hybridized carbons (Fsp3) is 0.500. The Bertz CT molecular complexity index is 698. The van der Waals surface area contributed by atoms with Crippen LogP contribution in [0.2, 0.25) is 0 Å². The van der Waals surface area contributed by atoms with Gasteiger partial charge < -0.3 is 15.0 Å². The molecule has 2 N–H and O–H groups in total. The van der Waals surface area contributed by atoms with E-state index >= 15 is 0 Å². The Kier molecular flexibility index (Phi) is 4.11. The van der Waals surface area contributed by atoms with Gasteiger partial charge in [0, 0.05) is 26.1 Å². The minimum absolute atomic E-state index is 0.0881. The zero-order valence-electron chi connectivity index (χ0n) is 12.6. The summed E-state index contributed by atoms with van der Waals surface area (Å²) in [6, 6.07) is 4.53. The second-order valence-corrected chi connectivity index (χ2v) is 5.87. The predicted octanol–water partition coefficient (Wildman–Crippen LogP) is 1.53. The second-order valence-electron chi connectivity index (χ2n) is 5.87. The quantitative estimate of drug-likeness (QED) is 0.900. The van der Waals surface area contributed by atoms with Crippen LogP contribution in [-0.2, 0) is 18.3 Å². The fourth-order valence-electron chi connectivity index (χ4n) is 3.12. The normalized spacial score (nSPS) is 21.4. The van der Waals surface area contributed by atoms with Crippen molar-refractivity contribution in [3.8, 4) is 0 Å². The van der Waals surface area contributed by atoms with Crippen molar-refractivity contribution in [3.63, 3.8) is 0 Å². The van der Waals surface area contributed by atoms with Gasteiger partial charge >= 0.3 is 0 Å². The molecule has 3 rings (SSSR count). The molecule has 6 heteroatoms. The lowest BCUT2D eigenvalue weighted by molar-refractivity contribution is -0.127. The molecule has 118 valence electrons. The molecule has 1 saturated carbocycles. The Balaban J connectivity index is 1.62. The number of fused-ring (bicyclic) bond motifs is 1. The number of amides is 1. The third-order valence-electron chi connectivity index (χ3n) is 4.40. The molecular weight excluding hydrogens is 285 g/mol. The third-order valence-corrected chi connectivity index (χ3v) is 4.40. The minimum Gasteiger partial charge on any atom is -0.392 e. The molecule has 1 aromatic heterocycles. The minimum atomic E-state index is -0.515. The largest absolute Gasteiger partial charge is 0.392 e. The lowest BCUT2D eigenvalue weighted by Gasteiger charge is -2.14. The van der Waals surface area contributed by atoms with E-state index in [1.807, 2.05) is 11.6 Å². The maximum atomic E-state index is 13.2. The van der Waals surface area contributed by atoms with Crippen molar-refractivity contribution in [2.24, 2.45) is 13.0 Å². The second kappa shape index (κ2) is 6.04. The third kappa shape index (κ3) is 2.83. The van der Waals surface area contributed by atoms with E-state index in [0.717, 1.165) is 24.2 Å². The molecule has 0 saturated heterocycles. The molecule has 2 aromatic rings. The van der Waals surface area contributed by atoms with Crippen molar-refractivity contribution in [3.05, 3.63) is 29.8 Å². The summed E-state index contributed by atoms with van der Waals surface area (Å²) in [6.07, 6.45) is 2.41. The molecule has 1 amide bonds. The van der Waals surface area contributed by atoms with Crippen LogP contribution in [0.5, 0.6) is 0 Å². The van der Waals surface area contributed by atoms with Crippen LogP contribution in [0.1, 0.15) is 25.1 Å². The number of carbonyl (C=O) groups excluding carboxylic acids is 1. The van der Waals surface area contributed by atoms with Gasteiger partial charge in [-0.15, -0.1) is 0 Å². The first-order valence-electron chi connectivity index (χ1n) is 7.63. The van der Waals surface area contributed by atoms with E-state index in [4.69, 9.17) is 0 Å². The number of imidazole rings is 1. The number of nitrogens with zero attached hydrogens (tertiary/aromatic N) is 2. The number of nitrogens with one attached hydrogen (secondary N) is 1. The van der Waals surface area contributed by atoms with Gasteiger partial charge in [-0.2, -0.15) is 0 Å². The fourth-order valence-corrected chi connectivity index (χ4v) is 3.12. The van der Waals surface area contributed by atoms with Gasteiger partial charge in [0.2, 0.25) is 5.91 Å². The average molecular weight is 305 g/mol. The number of aliphatic hydroxyl groups excluding tert-OH is 1. The maximum absolute atomic E-state index is 13.2. The van der Waals surface area contributed by atoms with E-state index in [1.54, 1.807) is 6.07 Å². The number of benzene rings is 1. The van der Waals surface area contributed by atoms with Gasteiger partial charge in [-0.3, -0.25) is 4.79 Å². The topological polar surface area (TPSA) is 67.2 Å². The number of rotatable bonds is 4. The van der Waals surface area contributed by atoms with Crippen molar-refractivity contribution < 1.29 is 14.3 Å². The molecule has 0 radical (unpaired) electrons. The summed E-state index contributed by atoms with van der Waals surface area (Å²) in [5, 5.41) is 12.6. The summed E-state index contributed by atoms with van der Waals surface area (Å²) in [4.78, 5) is 16.4. The first kappa shape index (κ1) is 15.0. The van der Waals surface area contributed by atoms with Crippen LogP contribution in [0.25, 0.3) is 11.0 Å². The van der Waals surface area contributed by atoms with Crippen LogP contribution < -0.4 is 5.32 Å². The van der Waals surface area contributed by atoms with Gasteiger partial charge in [-0.25, -0.2) is 9.37 Å². The molecule has 1 fully saturated rings.